The zero-order valence-electron chi connectivity index (χ0n) is 14.5. The van der Waals surface area contributed by atoms with E-state index in [1.165, 1.54) is 0 Å². The van der Waals surface area contributed by atoms with E-state index in [0.717, 1.165) is 12.1 Å². The van der Waals surface area contributed by atoms with Crippen LogP contribution >= 0.6 is 0 Å². The molecule has 1 aromatic carbocycles. The highest BCUT2D eigenvalue weighted by atomic mass is 16.2. The lowest BCUT2D eigenvalue weighted by Crippen LogP contribution is -2.53. The molecule has 1 fully saturated rings. The van der Waals surface area contributed by atoms with E-state index in [2.05, 4.69) is 5.32 Å². The first-order chi connectivity index (χ1) is 12.2. The molecule has 6 heteroatoms. The largest absolute Gasteiger partial charge is 0.338 e. The standard InChI is InChI=1S/C19H24N4O2/c1-2-9-20-19(25)23-14-12-22(13-15-23)18(24)16-5-7-17(8-6-16)21-10-3-4-11-21/h3-8,10-11H,2,9,12-15H2,1H3,(H,20,25). The molecule has 3 amide bonds. The summed E-state index contributed by atoms with van der Waals surface area (Å²) < 4.78 is 2.00. The fraction of sp³-hybridized carbons (Fsp3) is 0.368. The minimum Gasteiger partial charge on any atom is -0.338 e. The fourth-order valence-corrected chi connectivity index (χ4v) is 2.92. The van der Waals surface area contributed by atoms with Gasteiger partial charge in [0.1, 0.15) is 0 Å². The first-order valence-corrected chi connectivity index (χ1v) is 8.74. The van der Waals surface area contributed by atoms with Crippen molar-refractivity contribution in [3.05, 3.63) is 54.4 Å². The predicted molar refractivity (Wildman–Crippen MR) is 96.9 cm³/mol. The van der Waals surface area contributed by atoms with Gasteiger partial charge in [-0.3, -0.25) is 4.79 Å². The second-order valence-electron chi connectivity index (χ2n) is 6.15. The van der Waals surface area contributed by atoms with Crippen molar-refractivity contribution in [1.82, 2.24) is 19.7 Å². The highest BCUT2D eigenvalue weighted by Gasteiger charge is 2.24. The Morgan fingerprint density at radius 2 is 1.56 bits per heavy atom. The minimum absolute atomic E-state index is 0.0210. The molecule has 1 aliphatic heterocycles. The molecule has 0 atom stereocenters. The van der Waals surface area contributed by atoms with Gasteiger partial charge in [-0.2, -0.15) is 0 Å². The molecule has 0 bridgehead atoms. The van der Waals surface area contributed by atoms with Crippen LogP contribution in [0.4, 0.5) is 4.79 Å². The fourth-order valence-electron chi connectivity index (χ4n) is 2.92. The summed E-state index contributed by atoms with van der Waals surface area (Å²) in [5.41, 5.74) is 1.71. The molecule has 0 unspecified atom stereocenters. The molecule has 1 aliphatic rings. The number of carbonyl (C=O) groups is 2. The molecule has 0 aliphatic carbocycles. The van der Waals surface area contributed by atoms with Crippen molar-refractivity contribution in [2.45, 2.75) is 13.3 Å². The lowest BCUT2D eigenvalue weighted by atomic mass is 10.1. The third-order valence-electron chi connectivity index (χ3n) is 4.40. The maximum Gasteiger partial charge on any atom is 0.317 e. The average molecular weight is 340 g/mol. The Balaban J connectivity index is 1.56. The van der Waals surface area contributed by atoms with E-state index in [-0.39, 0.29) is 11.9 Å². The Hall–Kier alpha value is -2.76. The van der Waals surface area contributed by atoms with Gasteiger partial charge in [-0.1, -0.05) is 6.92 Å². The van der Waals surface area contributed by atoms with Crippen LogP contribution in [0.15, 0.2) is 48.8 Å². The van der Waals surface area contributed by atoms with Crippen molar-refractivity contribution in [1.29, 1.82) is 0 Å². The zero-order chi connectivity index (χ0) is 17.6. The lowest BCUT2D eigenvalue weighted by molar-refractivity contribution is 0.0665. The van der Waals surface area contributed by atoms with E-state index in [9.17, 15) is 9.59 Å². The molecular weight excluding hydrogens is 316 g/mol. The van der Waals surface area contributed by atoms with E-state index in [1.807, 2.05) is 65.2 Å². The molecule has 0 saturated carbocycles. The van der Waals surface area contributed by atoms with Crippen LogP contribution in [0.2, 0.25) is 0 Å². The molecule has 0 radical (unpaired) electrons. The van der Waals surface area contributed by atoms with Crippen LogP contribution in [-0.4, -0.2) is 59.0 Å². The smallest absolute Gasteiger partial charge is 0.317 e. The van der Waals surface area contributed by atoms with Gasteiger partial charge in [-0.05, 0) is 42.8 Å². The number of nitrogens with one attached hydrogen (secondary N) is 1. The van der Waals surface area contributed by atoms with Gasteiger partial charge in [-0.15, -0.1) is 0 Å². The summed E-state index contributed by atoms with van der Waals surface area (Å²) in [5.74, 6) is 0.0210. The number of amides is 3. The maximum absolute atomic E-state index is 12.6. The van der Waals surface area contributed by atoms with Crippen LogP contribution in [0.25, 0.3) is 5.69 Å². The van der Waals surface area contributed by atoms with Crippen LogP contribution in [0, 0.1) is 0 Å². The van der Waals surface area contributed by atoms with E-state index < -0.39 is 0 Å². The molecule has 2 heterocycles. The van der Waals surface area contributed by atoms with Gasteiger partial charge in [0.25, 0.3) is 5.91 Å². The Morgan fingerprint density at radius 3 is 2.16 bits per heavy atom. The molecule has 1 N–H and O–H groups in total. The van der Waals surface area contributed by atoms with Gasteiger partial charge in [0.2, 0.25) is 0 Å². The summed E-state index contributed by atoms with van der Waals surface area (Å²) in [5, 5.41) is 2.88. The van der Waals surface area contributed by atoms with Crippen molar-refractivity contribution < 1.29 is 9.59 Å². The van der Waals surface area contributed by atoms with E-state index in [0.29, 0.717) is 38.3 Å². The van der Waals surface area contributed by atoms with Crippen molar-refractivity contribution in [3.8, 4) is 5.69 Å². The number of benzene rings is 1. The lowest BCUT2D eigenvalue weighted by Gasteiger charge is -2.34. The van der Waals surface area contributed by atoms with E-state index in [4.69, 9.17) is 0 Å². The SMILES string of the molecule is CCCNC(=O)N1CCN(C(=O)c2ccc(-n3cccc3)cc2)CC1. The average Bonchev–Trinajstić information content (AvgIpc) is 3.20. The Labute approximate surface area is 148 Å². The molecule has 3 rings (SSSR count). The summed E-state index contributed by atoms with van der Waals surface area (Å²) >= 11 is 0. The Kier molecular flexibility index (Phi) is 5.38. The molecule has 6 nitrogen and oxygen atoms in total. The quantitative estimate of drug-likeness (QED) is 0.929. The van der Waals surface area contributed by atoms with Gasteiger partial charge in [0.15, 0.2) is 0 Å². The van der Waals surface area contributed by atoms with Crippen molar-refractivity contribution in [2.24, 2.45) is 0 Å². The highest BCUT2D eigenvalue weighted by molar-refractivity contribution is 5.94. The number of piperazine rings is 1. The van der Waals surface area contributed by atoms with Crippen molar-refractivity contribution >= 4 is 11.9 Å². The summed E-state index contributed by atoms with van der Waals surface area (Å²) in [6.45, 7) is 4.99. The number of carbonyl (C=O) groups excluding carboxylic acids is 2. The summed E-state index contributed by atoms with van der Waals surface area (Å²) in [6.07, 6.45) is 4.86. The molecule has 132 valence electrons. The monoisotopic (exact) mass is 340 g/mol. The van der Waals surface area contributed by atoms with Gasteiger partial charge >= 0.3 is 6.03 Å². The zero-order valence-corrected chi connectivity index (χ0v) is 14.5. The first-order valence-electron chi connectivity index (χ1n) is 8.74. The molecule has 1 saturated heterocycles. The van der Waals surface area contributed by atoms with Crippen molar-refractivity contribution in [2.75, 3.05) is 32.7 Å². The van der Waals surface area contributed by atoms with Crippen molar-refractivity contribution in [3.63, 3.8) is 0 Å². The number of urea groups is 1. The summed E-state index contributed by atoms with van der Waals surface area (Å²) in [4.78, 5) is 28.2. The Morgan fingerprint density at radius 1 is 0.960 bits per heavy atom. The molecule has 2 aromatic rings. The molecule has 1 aromatic heterocycles. The van der Waals surface area contributed by atoms with Crippen LogP contribution < -0.4 is 5.32 Å². The van der Waals surface area contributed by atoms with Crippen LogP contribution in [0.5, 0.6) is 0 Å². The maximum atomic E-state index is 12.6. The molecular formula is C19H24N4O2. The van der Waals surface area contributed by atoms with Gasteiger partial charge < -0.3 is 19.7 Å². The first kappa shape index (κ1) is 17.1. The normalized spacial score (nSPS) is 14.4. The second kappa shape index (κ2) is 7.88. The molecule has 0 spiro atoms. The highest BCUT2D eigenvalue weighted by Crippen LogP contribution is 2.13. The van der Waals surface area contributed by atoms with Gasteiger partial charge in [0, 0.05) is 56.4 Å². The summed E-state index contributed by atoms with van der Waals surface area (Å²) in [7, 11) is 0. The Bertz CT molecular complexity index is 702. The van der Waals surface area contributed by atoms with Crippen LogP contribution in [0.3, 0.4) is 0 Å². The van der Waals surface area contributed by atoms with Gasteiger partial charge in [-0.25, -0.2) is 4.79 Å². The van der Waals surface area contributed by atoms with E-state index in [1.54, 1.807) is 4.90 Å². The van der Waals surface area contributed by atoms with Crippen LogP contribution in [0.1, 0.15) is 23.7 Å². The number of hydrogen-bond donors (Lipinski definition) is 1. The van der Waals surface area contributed by atoms with E-state index >= 15 is 0 Å². The number of aromatic nitrogens is 1. The predicted octanol–water partition coefficient (Wildman–Crippen LogP) is 2.35. The minimum atomic E-state index is -0.0370. The second-order valence-corrected chi connectivity index (χ2v) is 6.15. The number of hydrogen-bond acceptors (Lipinski definition) is 2. The third kappa shape index (κ3) is 4.02. The number of rotatable bonds is 4. The topological polar surface area (TPSA) is 57.6 Å². The van der Waals surface area contributed by atoms with Gasteiger partial charge in [0.05, 0.1) is 0 Å². The van der Waals surface area contributed by atoms with Crippen LogP contribution in [-0.2, 0) is 0 Å². The molecule has 25 heavy (non-hydrogen) atoms. The summed E-state index contributed by atoms with van der Waals surface area (Å²) in [6, 6.07) is 11.5. The number of nitrogens with zero attached hydrogens (tertiary/aromatic N) is 3. The third-order valence-corrected chi connectivity index (χ3v) is 4.40.